The molecule has 166 valence electrons. The first-order valence-electron chi connectivity index (χ1n) is 10.9. The van der Waals surface area contributed by atoms with Crippen molar-refractivity contribution in [3.63, 3.8) is 0 Å². The van der Waals surface area contributed by atoms with Gasteiger partial charge < -0.3 is 10.1 Å². The first-order chi connectivity index (χ1) is 16.2. The predicted molar refractivity (Wildman–Crippen MR) is 133 cm³/mol. The van der Waals surface area contributed by atoms with Gasteiger partial charge in [0, 0.05) is 40.2 Å². The Morgan fingerprint density at radius 1 is 1.12 bits per heavy atom. The molecule has 33 heavy (non-hydrogen) atoms. The summed E-state index contributed by atoms with van der Waals surface area (Å²) in [6, 6.07) is 19.2. The first kappa shape index (κ1) is 21.4. The summed E-state index contributed by atoms with van der Waals surface area (Å²) in [4.78, 5) is 24.9. The highest BCUT2D eigenvalue weighted by molar-refractivity contribution is 9.10. The maximum Gasteiger partial charge on any atom is 0.275 e. The minimum absolute atomic E-state index is 0.0743. The molecule has 6 nitrogen and oxygen atoms in total. The molecule has 2 aromatic carbocycles. The zero-order chi connectivity index (χ0) is 22.8. The van der Waals surface area contributed by atoms with Gasteiger partial charge in [0.2, 0.25) is 0 Å². The number of anilines is 1. The summed E-state index contributed by atoms with van der Waals surface area (Å²) in [5, 5.41) is 3.36. The number of hydrogen-bond acceptors (Lipinski definition) is 5. The molecule has 0 fully saturated rings. The summed E-state index contributed by atoms with van der Waals surface area (Å²) < 4.78 is 6.59. The van der Waals surface area contributed by atoms with E-state index in [2.05, 4.69) is 26.2 Å². The molecule has 0 spiro atoms. The number of aromatic nitrogens is 1. The smallest absolute Gasteiger partial charge is 0.275 e. The van der Waals surface area contributed by atoms with Crippen LogP contribution in [0, 0.1) is 0 Å². The lowest BCUT2D eigenvalue weighted by Crippen LogP contribution is -2.33. The van der Waals surface area contributed by atoms with Crippen molar-refractivity contribution in [3.05, 3.63) is 99.9 Å². The Hall–Kier alpha value is -3.45. The van der Waals surface area contributed by atoms with Crippen LogP contribution in [0.25, 0.3) is 0 Å². The fourth-order valence-corrected chi connectivity index (χ4v) is 4.58. The largest absolute Gasteiger partial charge is 0.494 e. The summed E-state index contributed by atoms with van der Waals surface area (Å²) >= 11 is 3.51. The number of carbonyl (C=O) groups excluding carboxylic acids is 1. The Balaban J connectivity index is 1.66. The lowest BCUT2D eigenvalue weighted by Gasteiger charge is -2.28. The van der Waals surface area contributed by atoms with Gasteiger partial charge in [0.25, 0.3) is 5.91 Å². The standard InChI is InChI=1S/C26H23BrN4O2/c1-2-33-21-11-9-20(10-12-21)31-25(18-4-3-13-28-16-18)22-23(17-5-7-19(27)8-6-17)29-14-15-30-24(22)26(31)32/h3-13,16,25,30H,2,14-15H2,1H3/t25-/m0/s1. The molecule has 0 saturated heterocycles. The third kappa shape index (κ3) is 4.04. The van der Waals surface area contributed by atoms with Crippen LogP contribution >= 0.6 is 15.9 Å². The van der Waals surface area contributed by atoms with Crippen molar-refractivity contribution < 1.29 is 9.53 Å². The van der Waals surface area contributed by atoms with Gasteiger partial charge in [-0.05, 0) is 55.0 Å². The van der Waals surface area contributed by atoms with Crippen LogP contribution in [0.3, 0.4) is 0 Å². The van der Waals surface area contributed by atoms with Gasteiger partial charge in [-0.25, -0.2) is 0 Å². The van der Waals surface area contributed by atoms with Crippen molar-refractivity contribution >= 4 is 33.2 Å². The van der Waals surface area contributed by atoms with Gasteiger partial charge in [-0.15, -0.1) is 0 Å². The van der Waals surface area contributed by atoms with Crippen LogP contribution in [-0.4, -0.2) is 36.3 Å². The first-order valence-corrected chi connectivity index (χ1v) is 11.7. The molecule has 2 aliphatic heterocycles. The molecule has 1 N–H and O–H groups in total. The highest BCUT2D eigenvalue weighted by Crippen LogP contribution is 2.42. The molecule has 1 atom stereocenters. The van der Waals surface area contributed by atoms with E-state index in [-0.39, 0.29) is 11.9 Å². The van der Waals surface area contributed by atoms with Crippen LogP contribution in [0.2, 0.25) is 0 Å². The highest BCUT2D eigenvalue weighted by atomic mass is 79.9. The van der Waals surface area contributed by atoms with Crippen LogP contribution in [-0.2, 0) is 4.79 Å². The van der Waals surface area contributed by atoms with Gasteiger partial charge in [-0.1, -0.05) is 34.1 Å². The molecule has 5 rings (SSSR count). The second kappa shape index (κ2) is 9.19. The number of rotatable bonds is 5. The third-order valence-corrected chi connectivity index (χ3v) is 6.24. The molecule has 0 bridgehead atoms. The Kier molecular flexibility index (Phi) is 5.96. The second-order valence-electron chi connectivity index (χ2n) is 7.74. The molecule has 0 aliphatic carbocycles. The number of carbonyl (C=O) groups is 1. The van der Waals surface area contributed by atoms with E-state index in [9.17, 15) is 4.79 Å². The van der Waals surface area contributed by atoms with Crippen molar-refractivity contribution in [1.82, 2.24) is 10.3 Å². The molecule has 1 aromatic heterocycles. The van der Waals surface area contributed by atoms with Crippen LogP contribution in [0.5, 0.6) is 5.75 Å². The predicted octanol–water partition coefficient (Wildman–Crippen LogP) is 4.68. The van der Waals surface area contributed by atoms with Gasteiger partial charge in [0.1, 0.15) is 11.4 Å². The molecular formula is C26H23BrN4O2. The molecule has 0 saturated carbocycles. The van der Waals surface area contributed by atoms with Crippen molar-refractivity contribution in [2.45, 2.75) is 13.0 Å². The number of nitrogens with one attached hydrogen (secondary N) is 1. The van der Waals surface area contributed by atoms with E-state index >= 15 is 0 Å². The average Bonchev–Trinajstić information content (AvgIpc) is 2.98. The Labute approximate surface area is 201 Å². The monoisotopic (exact) mass is 502 g/mol. The summed E-state index contributed by atoms with van der Waals surface area (Å²) in [5.74, 6) is 0.699. The van der Waals surface area contributed by atoms with Gasteiger partial charge in [-0.3, -0.25) is 19.7 Å². The van der Waals surface area contributed by atoms with E-state index in [1.165, 1.54) is 0 Å². The van der Waals surface area contributed by atoms with Crippen molar-refractivity contribution in [2.75, 3.05) is 24.6 Å². The van der Waals surface area contributed by atoms with Gasteiger partial charge in [-0.2, -0.15) is 0 Å². The number of amides is 1. The maximum atomic E-state index is 13.8. The minimum Gasteiger partial charge on any atom is -0.494 e. The van der Waals surface area contributed by atoms with E-state index in [1.807, 2.05) is 78.7 Å². The number of benzene rings is 2. The van der Waals surface area contributed by atoms with E-state index in [0.717, 1.165) is 38.3 Å². The van der Waals surface area contributed by atoms with E-state index < -0.39 is 0 Å². The third-order valence-electron chi connectivity index (χ3n) is 5.72. The minimum atomic E-state index is -0.354. The highest BCUT2D eigenvalue weighted by Gasteiger charge is 2.44. The Morgan fingerprint density at radius 3 is 2.61 bits per heavy atom. The normalized spacial score (nSPS) is 17.9. The quantitative estimate of drug-likeness (QED) is 0.550. The maximum absolute atomic E-state index is 13.8. The van der Waals surface area contributed by atoms with E-state index in [0.29, 0.717) is 25.4 Å². The lowest BCUT2D eigenvalue weighted by molar-refractivity contribution is -0.115. The molecule has 2 aliphatic rings. The molecule has 0 unspecified atom stereocenters. The van der Waals surface area contributed by atoms with Crippen LogP contribution in [0.4, 0.5) is 5.69 Å². The van der Waals surface area contributed by atoms with Crippen molar-refractivity contribution in [3.8, 4) is 5.75 Å². The fraction of sp³-hybridized carbons (Fsp3) is 0.192. The van der Waals surface area contributed by atoms with Gasteiger partial charge in [0.15, 0.2) is 0 Å². The number of halogens is 1. The summed E-state index contributed by atoms with van der Waals surface area (Å²) in [6.45, 7) is 3.73. The molecule has 3 heterocycles. The van der Waals surface area contributed by atoms with Gasteiger partial charge >= 0.3 is 0 Å². The van der Waals surface area contributed by atoms with Crippen LogP contribution < -0.4 is 15.0 Å². The number of ether oxygens (including phenoxy) is 1. The van der Waals surface area contributed by atoms with Gasteiger partial charge in [0.05, 0.1) is 24.9 Å². The number of pyridine rings is 1. The van der Waals surface area contributed by atoms with Crippen molar-refractivity contribution in [2.24, 2.45) is 4.99 Å². The number of hydrogen-bond donors (Lipinski definition) is 1. The molecule has 3 aromatic rings. The molecular weight excluding hydrogens is 480 g/mol. The Morgan fingerprint density at radius 2 is 1.91 bits per heavy atom. The fourth-order valence-electron chi connectivity index (χ4n) is 4.32. The SMILES string of the molecule is CCOc1ccc(N2C(=O)C3=C(C(c4ccc(Br)cc4)=NCCN3)[C@@H]2c2cccnc2)cc1. The zero-order valence-corrected chi connectivity index (χ0v) is 19.7. The molecule has 1 amide bonds. The Bertz CT molecular complexity index is 1220. The lowest BCUT2D eigenvalue weighted by atomic mass is 9.92. The summed E-state index contributed by atoms with van der Waals surface area (Å²) in [6.07, 6.45) is 3.56. The topological polar surface area (TPSA) is 66.8 Å². The average molecular weight is 503 g/mol. The number of nitrogens with zero attached hydrogens (tertiary/aromatic N) is 3. The zero-order valence-electron chi connectivity index (χ0n) is 18.2. The molecule has 7 heteroatoms. The number of aliphatic imine (C=N–C) groups is 1. The van der Waals surface area contributed by atoms with Crippen LogP contribution in [0.1, 0.15) is 24.1 Å². The van der Waals surface area contributed by atoms with Crippen LogP contribution in [0.15, 0.2) is 93.8 Å². The molecule has 0 radical (unpaired) electrons. The summed E-state index contributed by atoms with van der Waals surface area (Å²) in [5.41, 5.74) is 5.00. The van der Waals surface area contributed by atoms with E-state index in [4.69, 9.17) is 9.73 Å². The van der Waals surface area contributed by atoms with Crippen molar-refractivity contribution in [1.29, 1.82) is 0 Å². The van der Waals surface area contributed by atoms with E-state index in [1.54, 1.807) is 6.20 Å². The summed E-state index contributed by atoms with van der Waals surface area (Å²) in [7, 11) is 0. The second-order valence-corrected chi connectivity index (χ2v) is 8.66.